The predicted molar refractivity (Wildman–Crippen MR) is 138 cm³/mol. The first-order chi connectivity index (χ1) is 17.2. The van der Waals surface area contributed by atoms with Crippen molar-refractivity contribution < 1.29 is 9.53 Å². The summed E-state index contributed by atoms with van der Waals surface area (Å²) in [6, 6.07) is 21.8. The number of amides is 1. The normalized spacial score (nSPS) is 13.9. The molecule has 7 heteroatoms. The maximum absolute atomic E-state index is 13.0. The van der Waals surface area contributed by atoms with Crippen molar-refractivity contribution in [2.24, 2.45) is 0 Å². The number of rotatable bonds is 6. The Morgan fingerprint density at radius 3 is 2.49 bits per heavy atom. The Balaban J connectivity index is 1.31. The molecule has 1 saturated heterocycles. The summed E-state index contributed by atoms with van der Waals surface area (Å²) in [4.78, 5) is 21.4. The van der Waals surface area contributed by atoms with E-state index in [0.717, 1.165) is 47.0 Å². The summed E-state index contributed by atoms with van der Waals surface area (Å²) in [6.45, 7) is 2.89. The van der Waals surface area contributed by atoms with Gasteiger partial charge >= 0.3 is 0 Å². The van der Waals surface area contributed by atoms with Crippen LogP contribution in [-0.4, -0.2) is 58.9 Å². The fraction of sp³-hybridized carbons (Fsp3) is 0.179. The molecule has 0 saturated carbocycles. The molecule has 2 aromatic carbocycles. The molecular formula is C28H27N5O2. The number of nitrogens with zero attached hydrogens (tertiary/aromatic N) is 5. The average molecular weight is 466 g/mol. The van der Waals surface area contributed by atoms with Crippen LogP contribution < -0.4 is 9.64 Å². The molecule has 0 unspecified atom stereocenters. The molecule has 1 aliphatic heterocycles. The van der Waals surface area contributed by atoms with Crippen LogP contribution in [0.5, 0.6) is 5.75 Å². The monoisotopic (exact) mass is 465 g/mol. The number of hydrogen-bond donors (Lipinski definition) is 0. The minimum Gasteiger partial charge on any atom is -0.497 e. The van der Waals surface area contributed by atoms with Gasteiger partial charge in [-0.2, -0.15) is 5.10 Å². The summed E-state index contributed by atoms with van der Waals surface area (Å²) in [7, 11) is 1.67. The molecule has 176 valence electrons. The van der Waals surface area contributed by atoms with Crippen LogP contribution in [-0.2, 0) is 4.79 Å². The minimum absolute atomic E-state index is 0.000102. The Kier molecular flexibility index (Phi) is 6.57. The van der Waals surface area contributed by atoms with Gasteiger partial charge in [0.25, 0.3) is 0 Å². The van der Waals surface area contributed by atoms with Crippen LogP contribution in [0, 0.1) is 0 Å². The van der Waals surface area contributed by atoms with Gasteiger partial charge in [0.1, 0.15) is 11.4 Å². The standard InChI is InChI=1S/C28H27N5O2/c1-35-26-11-5-10-25(19-26)31-15-17-32(18-16-31)27(34)13-12-23-21-33(24-8-3-2-4-9-24)30-28(23)22-7-6-14-29-20-22/h2-14,19-21H,15-18H2,1H3/b13-12+. The predicted octanol–water partition coefficient (Wildman–Crippen LogP) is 4.30. The Morgan fingerprint density at radius 1 is 0.943 bits per heavy atom. The number of carbonyl (C=O) groups is 1. The number of piperazine rings is 1. The van der Waals surface area contributed by atoms with Crippen LogP contribution in [0.25, 0.3) is 23.0 Å². The topological polar surface area (TPSA) is 63.5 Å². The van der Waals surface area contributed by atoms with E-state index in [9.17, 15) is 4.79 Å². The molecule has 0 N–H and O–H groups in total. The first-order valence-corrected chi connectivity index (χ1v) is 11.6. The third-order valence-electron chi connectivity index (χ3n) is 6.11. The SMILES string of the molecule is COc1cccc(N2CCN(C(=O)/C=C/c3cn(-c4ccccc4)nc3-c3cccnc3)CC2)c1. The highest BCUT2D eigenvalue weighted by Crippen LogP contribution is 2.25. The van der Waals surface area contributed by atoms with Crippen LogP contribution in [0.1, 0.15) is 5.56 Å². The maximum atomic E-state index is 13.0. The average Bonchev–Trinajstić information content (AvgIpc) is 3.37. The molecule has 35 heavy (non-hydrogen) atoms. The van der Waals surface area contributed by atoms with Gasteiger partial charge in [-0.05, 0) is 42.5 Å². The third-order valence-corrected chi connectivity index (χ3v) is 6.11. The van der Waals surface area contributed by atoms with E-state index in [-0.39, 0.29) is 5.91 Å². The zero-order valence-electron chi connectivity index (χ0n) is 19.6. The molecule has 7 nitrogen and oxygen atoms in total. The fourth-order valence-electron chi connectivity index (χ4n) is 4.21. The lowest BCUT2D eigenvalue weighted by atomic mass is 10.1. The third kappa shape index (κ3) is 5.09. The number of hydrogen-bond acceptors (Lipinski definition) is 5. The Labute approximate surface area is 204 Å². The van der Waals surface area contributed by atoms with Crippen molar-refractivity contribution in [2.75, 3.05) is 38.2 Å². The summed E-state index contributed by atoms with van der Waals surface area (Å²) in [5.41, 5.74) is 4.62. The number of pyridine rings is 1. The van der Waals surface area contributed by atoms with Gasteiger partial charge in [0.05, 0.1) is 12.8 Å². The lowest BCUT2D eigenvalue weighted by Crippen LogP contribution is -2.48. The van der Waals surface area contributed by atoms with Crippen LogP contribution >= 0.6 is 0 Å². The van der Waals surface area contributed by atoms with E-state index in [2.05, 4.69) is 16.0 Å². The molecule has 0 radical (unpaired) electrons. The molecule has 1 fully saturated rings. The number of ether oxygens (including phenoxy) is 1. The van der Waals surface area contributed by atoms with Gasteiger partial charge in [-0.3, -0.25) is 9.78 Å². The van der Waals surface area contributed by atoms with E-state index >= 15 is 0 Å². The Bertz CT molecular complexity index is 1310. The molecule has 0 aliphatic carbocycles. The first-order valence-electron chi connectivity index (χ1n) is 11.6. The van der Waals surface area contributed by atoms with Crippen molar-refractivity contribution in [3.8, 4) is 22.7 Å². The van der Waals surface area contributed by atoms with Gasteiger partial charge in [0.15, 0.2) is 0 Å². The molecule has 1 aliphatic rings. The van der Waals surface area contributed by atoms with Gasteiger partial charge in [-0.1, -0.05) is 24.3 Å². The molecule has 3 heterocycles. The number of carbonyl (C=O) groups excluding carboxylic acids is 1. The van der Waals surface area contributed by atoms with Gasteiger partial charge in [0, 0.05) is 73.7 Å². The fourth-order valence-corrected chi connectivity index (χ4v) is 4.21. The van der Waals surface area contributed by atoms with Gasteiger partial charge < -0.3 is 14.5 Å². The van der Waals surface area contributed by atoms with Gasteiger partial charge in [-0.15, -0.1) is 0 Å². The second-order valence-corrected chi connectivity index (χ2v) is 8.30. The Hall–Kier alpha value is -4.39. The highest BCUT2D eigenvalue weighted by atomic mass is 16.5. The number of methoxy groups -OCH3 is 1. The van der Waals surface area contributed by atoms with Gasteiger partial charge in [0.2, 0.25) is 5.91 Å². The molecule has 5 rings (SSSR count). The minimum atomic E-state index is -0.000102. The van der Waals surface area contributed by atoms with E-state index in [4.69, 9.17) is 9.84 Å². The molecule has 0 bridgehead atoms. The largest absolute Gasteiger partial charge is 0.497 e. The van der Waals surface area contributed by atoms with E-state index in [1.54, 1.807) is 25.6 Å². The van der Waals surface area contributed by atoms with Crippen LogP contribution in [0.4, 0.5) is 5.69 Å². The number of benzene rings is 2. The summed E-state index contributed by atoms with van der Waals surface area (Å²) in [5, 5.41) is 4.78. The second kappa shape index (κ2) is 10.3. The van der Waals surface area contributed by atoms with Crippen molar-refractivity contribution >= 4 is 17.7 Å². The second-order valence-electron chi connectivity index (χ2n) is 8.30. The number of aromatic nitrogens is 3. The lowest BCUT2D eigenvalue weighted by molar-refractivity contribution is -0.126. The number of anilines is 1. The van der Waals surface area contributed by atoms with E-state index < -0.39 is 0 Å². The molecular weight excluding hydrogens is 438 g/mol. The van der Waals surface area contributed by atoms with E-state index in [0.29, 0.717) is 13.1 Å². The maximum Gasteiger partial charge on any atom is 0.246 e. The zero-order chi connectivity index (χ0) is 24.0. The van der Waals surface area contributed by atoms with Crippen LogP contribution in [0.15, 0.2) is 91.4 Å². The quantitative estimate of drug-likeness (QED) is 0.397. The highest BCUT2D eigenvalue weighted by Gasteiger charge is 2.20. The van der Waals surface area contributed by atoms with Crippen molar-refractivity contribution in [1.29, 1.82) is 0 Å². The Morgan fingerprint density at radius 2 is 1.74 bits per heavy atom. The molecule has 2 aromatic heterocycles. The first kappa shape index (κ1) is 22.4. The summed E-state index contributed by atoms with van der Waals surface area (Å²) in [5.74, 6) is 0.837. The van der Waals surface area contributed by atoms with Crippen molar-refractivity contribution in [2.45, 2.75) is 0 Å². The number of para-hydroxylation sites is 1. The van der Waals surface area contributed by atoms with Crippen molar-refractivity contribution in [3.05, 3.63) is 97.0 Å². The molecule has 0 atom stereocenters. The molecule has 0 spiro atoms. The van der Waals surface area contributed by atoms with E-state index in [1.165, 1.54) is 0 Å². The smallest absolute Gasteiger partial charge is 0.246 e. The molecule has 1 amide bonds. The van der Waals surface area contributed by atoms with Gasteiger partial charge in [-0.25, -0.2) is 4.68 Å². The van der Waals surface area contributed by atoms with E-state index in [1.807, 2.05) is 82.5 Å². The summed E-state index contributed by atoms with van der Waals surface area (Å²) in [6.07, 6.45) is 8.97. The highest BCUT2D eigenvalue weighted by molar-refractivity contribution is 5.93. The van der Waals surface area contributed by atoms with Crippen LogP contribution in [0.2, 0.25) is 0 Å². The summed E-state index contributed by atoms with van der Waals surface area (Å²) < 4.78 is 7.17. The lowest BCUT2D eigenvalue weighted by Gasteiger charge is -2.35. The van der Waals surface area contributed by atoms with Crippen molar-refractivity contribution in [3.63, 3.8) is 0 Å². The van der Waals surface area contributed by atoms with Crippen molar-refractivity contribution in [1.82, 2.24) is 19.7 Å². The summed E-state index contributed by atoms with van der Waals surface area (Å²) >= 11 is 0. The molecule has 4 aromatic rings. The zero-order valence-corrected chi connectivity index (χ0v) is 19.6. The van der Waals surface area contributed by atoms with Crippen LogP contribution in [0.3, 0.4) is 0 Å².